The molecular formula is C8H22N2O4. The molecule has 14 heavy (non-hydrogen) atoms. The molecule has 0 aromatic carbocycles. The molecule has 0 rings (SSSR count). The lowest BCUT2D eigenvalue weighted by molar-refractivity contribution is 0.0725. The summed E-state index contributed by atoms with van der Waals surface area (Å²) in [6.07, 6.45) is -0.842. The molecule has 2 unspecified atom stereocenters. The molecular weight excluding hydrogens is 188 g/mol. The third kappa shape index (κ3) is 11.8. The summed E-state index contributed by atoms with van der Waals surface area (Å²) < 4.78 is 0. The lowest BCUT2D eigenvalue weighted by Crippen LogP contribution is -2.38. The van der Waals surface area contributed by atoms with Crippen molar-refractivity contribution in [1.29, 1.82) is 0 Å². The first-order valence-electron chi connectivity index (χ1n) is 4.51. The van der Waals surface area contributed by atoms with Gasteiger partial charge in [0, 0.05) is 19.6 Å². The zero-order chi connectivity index (χ0) is 11.6. The van der Waals surface area contributed by atoms with Gasteiger partial charge < -0.3 is 20.5 Å². The van der Waals surface area contributed by atoms with Crippen molar-refractivity contribution in [3.05, 3.63) is 0 Å². The molecule has 0 heterocycles. The van der Waals surface area contributed by atoms with Crippen LogP contribution in [0.25, 0.3) is 0 Å². The topological polar surface area (TPSA) is 110 Å². The smallest absolute Gasteiger partial charge is 0.0639 e. The Bertz CT molecular complexity index is 102. The van der Waals surface area contributed by atoms with Gasteiger partial charge in [-0.3, -0.25) is 4.90 Å². The average molecular weight is 210 g/mol. The Morgan fingerprint density at radius 3 is 1.64 bits per heavy atom. The highest BCUT2D eigenvalue weighted by Crippen LogP contribution is 1.94. The third-order valence-corrected chi connectivity index (χ3v) is 1.46. The number of rotatable bonds is 6. The Kier molecular flexibility index (Phi) is 12.5. The predicted octanol–water partition coefficient (Wildman–Crippen LogP) is -1.62. The fraction of sp³-hybridized carbons (Fsp3) is 1.00. The lowest BCUT2D eigenvalue weighted by Gasteiger charge is -2.23. The van der Waals surface area contributed by atoms with Crippen LogP contribution in [0.5, 0.6) is 0 Å². The summed E-state index contributed by atoms with van der Waals surface area (Å²) in [7, 11) is 0. The van der Waals surface area contributed by atoms with Gasteiger partial charge in [-0.1, -0.05) is 0 Å². The normalized spacial score (nSPS) is 14.6. The maximum absolute atomic E-state index is 9.06. The highest BCUT2D eigenvalue weighted by atomic mass is 16.4. The summed E-state index contributed by atoms with van der Waals surface area (Å²) in [5.41, 5.74) is 0. The average Bonchev–Trinajstić information content (AvgIpc) is 2.06. The highest BCUT2D eigenvalue weighted by Gasteiger charge is 2.09. The van der Waals surface area contributed by atoms with Crippen molar-refractivity contribution in [3.63, 3.8) is 0 Å². The quantitative estimate of drug-likeness (QED) is 0.337. The molecule has 0 saturated heterocycles. The van der Waals surface area contributed by atoms with E-state index < -0.39 is 12.2 Å². The minimum absolute atomic E-state index is 0.0550. The number of aliphatic hydroxyl groups is 3. The molecule has 0 amide bonds. The van der Waals surface area contributed by atoms with E-state index in [-0.39, 0.29) is 6.61 Å². The van der Waals surface area contributed by atoms with Crippen molar-refractivity contribution < 1.29 is 20.5 Å². The van der Waals surface area contributed by atoms with Gasteiger partial charge in [-0.15, -0.1) is 0 Å². The standard InChI is InChI=1S/C8H19NO3.H3NO/c1-7(11)5-9(3-4-10)6-8(2)12;1-2/h7-8,10-12H,3-6H2,1-2H3;2H,1H2. The Hall–Kier alpha value is -0.240. The van der Waals surface area contributed by atoms with E-state index >= 15 is 0 Å². The van der Waals surface area contributed by atoms with Crippen molar-refractivity contribution in [3.8, 4) is 0 Å². The summed E-state index contributed by atoms with van der Waals surface area (Å²) in [5.74, 6) is 3.50. The number of hydrogen-bond donors (Lipinski definition) is 5. The molecule has 88 valence electrons. The van der Waals surface area contributed by atoms with E-state index in [1.165, 1.54) is 0 Å². The number of aliphatic hydroxyl groups excluding tert-OH is 3. The fourth-order valence-corrected chi connectivity index (χ4v) is 1.15. The summed E-state index contributed by atoms with van der Waals surface area (Å²) in [4.78, 5) is 1.83. The first-order chi connectivity index (χ1) is 6.56. The van der Waals surface area contributed by atoms with Crippen LogP contribution in [0.4, 0.5) is 0 Å². The molecule has 0 aromatic heterocycles. The van der Waals surface area contributed by atoms with Gasteiger partial charge >= 0.3 is 0 Å². The van der Waals surface area contributed by atoms with E-state index in [9.17, 15) is 0 Å². The number of nitrogens with two attached hydrogens (primary N) is 1. The van der Waals surface area contributed by atoms with E-state index in [1.807, 2.05) is 4.90 Å². The Balaban J connectivity index is 0. The van der Waals surface area contributed by atoms with Crippen molar-refractivity contribution >= 4 is 0 Å². The lowest BCUT2D eigenvalue weighted by atomic mass is 10.3. The number of hydrogen-bond acceptors (Lipinski definition) is 6. The van der Waals surface area contributed by atoms with Crippen LogP contribution >= 0.6 is 0 Å². The van der Waals surface area contributed by atoms with E-state index in [4.69, 9.17) is 20.5 Å². The molecule has 0 fully saturated rings. The van der Waals surface area contributed by atoms with Crippen LogP contribution in [0.1, 0.15) is 13.8 Å². The summed E-state index contributed by atoms with van der Waals surface area (Å²) in [6, 6.07) is 0. The van der Waals surface area contributed by atoms with Crippen molar-refractivity contribution in [2.45, 2.75) is 26.1 Å². The van der Waals surface area contributed by atoms with E-state index in [0.717, 1.165) is 0 Å². The van der Waals surface area contributed by atoms with Crippen LogP contribution in [-0.2, 0) is 0 Å². The van der Waals surface area contributed by atoms with E-state index in [1.54, 1.807) is 13.8 Å². The second-order valence-electron chi connectivity index (χ2n) is 3.18. The zero-order valence-electron chi connectivity index (χ0n) is 8.80. The molecule has 0 bridgehead atoms. The Morgan fingerprint density at radius 1 is 1.07 bits per heavy atom. The van der Waals surface area contributed by atoms with E-state index in [2.05, 4.69) is 5.90 Å². The van der Waals surface area contributed by atoms with Gasteiger partial charge in [-0.25, -0.2) is 5.90 Å². The SMILES string of the molecule is CC(O)CN(CCO)CC(C)O.NO. The van der Waals surface area contributed by atoms with Crippen LogP contribution in [0.2, 0.25) is 0 Å². The molecule has 2 atom stereocenters. The zero-order valence-corrected chi connectivity index (χ0v) is 8.80. The maximum atomic E-state index is 9.06. The first kappa shape index (κ1) is 16.2. The maximum Gasteiger partial charge on any atom is 0.0639 e. The molecule has 0 radical (unpaired) electrons. The molecule has 6 heteroatoms. The molecule has 0 saturated carbocycles. The monoisotopic (exact) mass is 210 g/mol. The van der Waals surface area contributed by atoms with Crippen LogP contribution in [0.3, 0.4) is 0 Å². The fourth-order valence-electron chi connectivity index (χ4n) is 1.15. The van der Waals surface area contributed by atoms with Gasteiger partial charge in [-0.2, -0.15) is 0 Å². The molecule has 6 nitrogen and oxygen atoms in total. The van der Waals surface area contributed by atoms with Gasteiger partial charge in [0.2, 0.25) is 0 Å². The van der Waals surface area contributed by atoms with Crippen molar-refractivity contribution in [2.24, 2.45) is 5.90 Å². The van der Waals surface area contributed by atoms with Gasteiger partial charge in [-0.05, 0) is 13.8 Å². The summed E-state index contributed by atoms with van der Waals surface area (Å²) in [6.45, 7) is 4.91. The van der Waals surface area contributed by atoms with Crippen molar-refractivity contribution in [2.75, 3.05) is 26.2 Å². The van der Waals surface area contributed by atoms with Crippen molar-refractivity contribution in [1.82, 2.24) is 4.90 Å². The minimum atomic E-state index is -0.421. The molecule has 0 aliphatic rings. The van der Waals surface area contributed by atoms with Gasteiger partial charge in [0.1, 0.15) is 0 Å². The third-order valence-electron chi connectivity index (χ3n) is 1.46. The van der Waals surface area contributed by atoms with Gasteiger partial charge in [0.25, 0.3) is 0 Å². The van der Waals surface area contributed by atoms with Gasteiger partial charge in [0.15, 0.2) is 0 Å². The Labute approximate surface area is 84.5 Å². The predicted molar refractivity (Wildman–Crippen MR) is 52.9 cm³/mol. The molecule has 6 N–H and O–H groups in total. The number of nitrogens with zero attached hydrogens (tertiary/aromatic N) is 1. The van der Waals surface area contributed by atoms with Gasteiger partial charge in [0.05, 0.1) is 18.8 Å². The van der Waals surface area contributed by atoms with Crippen LogP contribution in [-0.4, -0.2) is 63.9 Å². The second kappa shape index (κ2) is 10.8. The molecule has 0 aliphatic heterocycles. The summed E-state index contributed by atoms with van der Waals surface area (Å²) in [5, 5.41) is 33.3. The molecule has 0 spiro atoms. The summed E-state index contributed by atoms with van der Waals surface area (Å²) >= 11 is 0. The van der Waals surface area contributed by atoms with E-state index in [0.29, 0.717) is 19.6 Å². The second-order valence-corrected chi connectivity index (χ2v) is 3.18. The highest BCUT2D eigenvalue weighted by molar-refractivity contribution is 4.63. The largest absolute Gasteiger partial charge is 0.395 e. The van der Waals surface area contributed by atoms with Crippen LogP contribution < -0.4 is 5.90 Å². The van der Waals surface area contributed by atoms with Crippen LogP contribution in [0, 0.1) is 0 Å². The molecule has 0 aromatic rings. The first-order valence-corrected chi connectivity index (χ1v) is 4.51. The minimum Gasteiger partial charge on any atom is -0.395 e. The Morgan fingerprint density at radius 2 is 1.43 bits per heavy atom. The van der Waals surface area contributed by atoms with Crippen LogP contribution in [0.15, 0.2) is 0 Å². The molecule has 0 aliphatic carbocycles.